The van der Waals surface area contributed by atoms with Crippen LogP contribution in [0.5, 0.6) is 5.88 Å². The average Bonchev–Trinajstić information content (AvgIpc) is 3.28. The number of amides is 1. The Bertz CT molecular complexity index is 1080. The van der Waals surface area contributed by atoms with Gasteiger partial charge >= 0.3 is 0 Å². The van der Waals surface area contributed by atoms with E-state index in [-0.39, 0.29) is 24.5 Å². The third-order valence-electron chi connectivity index (χ3n) is 4.93. The topological polar surface area (TPSA) is 69.0 Å². The molecule has 3 aromatic rings. The van der Waals surface area contributed by atoms with E-state index in [4.69, 9.17) is 4.74 Å². The van der Waals surface area contributed by atoms with E-state index in [0.29, 0.717) is 23.5 Å². The molecule has 1 amide bonds. The zero-order valence-corrected chi connectivity index (χ0v) is 15.8. The minimum Gasteiger partial charge on any atom is -0.466 e. The number of carbonyl (C=O) groups is 1. The molecule has 1 N–H and O–H groups in total. The van der Waals surface area contributed by atoms with Crippen LogP contribution in [-0.4, -0.2) is 33.3 Å². The molecule has 1 aliphatic rings. The highest BCUT2D eigenvalue weighted by atomic mass is 19.1. The summed E-state index contributed by atoms with van der Waals surface area (Å²) in [5, 5.41) is 7.90. The maximum absolute atomic E-state index is 13.8. The maximum atomic E-state index is 13.8. The van der Waals surface area contributed by atoms with Gasteiger partial charge in [-0.2, -0.15) is 0 Å². The summed E-state index contributed by atoms with van der Waals surface area (Å²) in [6, 6.07) is 5.27. The quantitative estimate of drug-likeness (QED) is 0.732. The van der Waals surface area contributed by atoms with E-state index in [1.807, 2.05) is 19.9 Å². The van der Waals surface area contributed by atoms with E-state index < -0.39 is 11.6 Å². The van der Waals surface area contributed by atoms with E-state index in [1.54, 1.807) is 11.7 Å². The van der Waals surface area contributed by atoms with Crippen LogP contribution >= 0.6 is 0 Å². The zero-order chi connectivity index (χ0) is 20.0. The first-order valence-corrected chi connectivity index (χ1v) is 9.01. The normalized spacial score (nSPS) is 18.3. The van der Waals surface area contributed by atoms with Crippen molar-refractivity contribution in [1.29, 1.82) is 0 Å². The molecule has 146 valence electrons. The smallest absolute Gasteiger partial charge is 0.258 e. The lowest BCUT2D eigenvalue weighted by Crippen LogP contribution is -2.31. The van der Waals surface area contributed by atoms with Gasteiger partial charge < -0.3 is 10.1 Å². The molecule has 8 heteroatoms. The Morgan fingerprint density at radius 3 is 2.86 bits per heavy atom. The molecule has 28 heavy (non-hydrogen) atoms. The van der Waals surface area contributed by atoms with Gasteiger partial charge in [0.05, 0.1) is 5.39 Å². The number of carbonyl (C=O) groups excluding carboxylic acids is 1. The highest BCUT2D eigenvalue weighted by Gasteiger charge is 2.41. The van der Waals surface area contributed by atoms with Crippen LogP contribution in [0.25, 0.3) is 11.0 Å². The predicted molar refractivity (Wildman–Crippen MR) is 99.1 cm³/mol. The molecular weight excluding hydrogens is 366 g/mol. The minimum absolute atomic E-state index is 0.144. The Hall–Kier alpha value is -3.03. The second-order valence-corrected chi connectivity index (χ2v) is 7.18. The number of pyridine rings is 1. The number of rotatable bonds is 5. The van der Waals surface area contributed by atoms with Crippen molar-refractivity contribution in [1.82, 2.24) is 20.1 Å². The molecule has 0 bridgehead atoms. The Morgan fingerprint density at radius 1 is 1.32 bits per heavy atom. The summed E-state index contributed by atoms with van der Waals surface area (Å²) in [6.07, 6.45) is 0.614. The SMILES string of the molecule is Cc1cc(C)c2c(OCC(=O)NC3CC3c3ccc(F)cc3F)nn(C)c2n1. The largest absolute Gasteiger partial charge is 0.466 e. The summed E-state index contributed by atoms with van der Waals surface area (Å²) < 4.78 is 34.1. The summed E-state index contributed by atoms with van der Waals surface area (Å²) in [5.41, 5.74) is 2.97. The number of hydrogen-bond acceptors (Lipinski definition) is 4. The molecule has 1 aliphatic carbocycles. The van der Waals surface area contributed by atoms with Crippen LogP contribution in [0.3, 0.4) is 0 Å². The first-order valence-electron chi connectivity index (χ1n) is 9.01. The number of hydrogen-bond donors (Lipinski definition) is 1. The van der Waals surface area contributed by atoms with Crippen LogP contribution in [0.2, 0.25) is 0 Å². The highest BCUT2D eigenvalue weighted by Crippen LogP contribution is 2.42. The van der Waals surface area contributed by atoms with Crippen LogP contribution in [-0.2, 0) is 11.8 Å². The van der Waals surface area contributed by atoms with Gasteiger partial charge in [0.15, 0.2) is 12.3 Å². The number of nitrogens with one attached hydrogen (secondary N) is 1. The number of aromatic nitrogens is 3. The summed E-state index contributed by atoms with van der Waals surface area (Å²) >= 11 is 0. The lowest BCUT2D eigenvalue weighted by Gasteiger charge is -2.07. The lowest BCUT2D eigenvalue weighted by molar-refractivity contribution is -0.123. The van der Waals surface area contributed by atoms with Gasteiger partial charge in [-0.05, 0) is 43.5 Å². The van der Waals surface area contributed by atoms with Crippen molar-refractivity contribution in [2.75, 3.05) is 6.61 Å². The fourth-order valence-corrected chi connectivity index (χ4v) is 3.53. The first-order chi connectivity index (χ1) is 13.3. The van der Waals surface area contributed by atoms with Gasteiger partial charge in [0.25, 0.3) is 5.91 Å². The number of fused-ring (bicyclic) bond motifs is 1. The van der Waals surface area contributed by atoms with Gasteiger partial charge in [-0.1, -0.05) is 6.07 Å². The molecule has 0 saturated heterocycles. The average molecular weight is 386 g/mol. The van der Waals surface area contributed by atoms with E-state index in [2.05, 4.69) is 15.4 Å². The molecule has 0 radical (unpaired) electrons. The Morgan fingerprint density at radius 2 is 2.11 bits per heavy atom. The van der Waals surface area contributed by atoms with Gasteiger partial charge in [0, 0.05) is 30.8 Å². The van der Waals surface area contributed by atoms with Crippen molar-refractivity contribution in [3.05, 3.63) is 52.7 Å². The van der Waals surface area contributed by atoms with E-state index in [9.17, 15) is 13.6 Å². The van der Waals surface area contributed by atoms with Gasteiger partial charge in [-0.15, -0.1) is 5.10 Å². The predicted octanol–water partition coefficient (Wildman–Crippen LogP) is 2.91. The van der Waals surface area contributed by atoms with Crippen LogP contribution in [0.4, 0.5) is 8.78 Å². The second-order valence-electron chi connectivity index (χ2n) is 7.18. The maximum Gasteiger partial charge on any atom is 0.258 e. The molecule has 0 aliphatic heterocycles. The zero-order valence-electron chi connectivity index (χ0n) is 15.8. The third kappa shape index (κ3) is 3.42. The first kappa shape index (κ1) is 18.3. The van der Waals surface area contributed by atoms with E-state index >= 15 is 0 Å². The van der Waals surface area contributed by atoms with Crippen LogP contribution in [0.1, 0.15) is 29.2 Å². The summed E-state index contributed by atoms with van der Waals surface area (Å²) in [6.45, 7) is 3.65. The van der Waals surface area contributed by atoms with Crippen LogP contribution in [0.15, 0.2) is 24.3 Å². The number of aryl methyl sites for hydroxylation is 3. The van der Waals surface area contributed by atoms with Crippen molar-refractivity contribution in [3.63, 3.8) is 0 Å². The van der Waals surface area contributed by atoms with E-state index in [0.717, 1.165) is 22.7 Å². The minimum atomic E-state index is -0.613. The molecule has 0 spiro atoms. The van der Waals surface area contributed by atoms with Crippen LogP contribution in [0, 0.1) is 25.5 Å². The molecule has 2 heterocycles. The summed E-state index contributed by atoms with van der Waals surface area (Å²) in [4.78, 5) is 16.7. The van der Waals surface area contributed by atoms with Crippen molar-refractivity contribution in [2.24, 2.45) is 7.05 Å². The van der Waals surface area contributed by atoms with Gasteiger partial charge in [0.2, 0.25) is 5.88 Å². The number of halogens is 2. The van der Waals surface area contributed by atoms with Crippen molar-refractivity contribution in [2.45, 2.75) is 32.2 Å². The Balaban J connectivity index is 1.39. The third-order valence-corrected chi connectivity index (χ3v) is 4.93. The standard InChI is InChI=1S/C20H20F2N4O2/c1-10-6-11(2)23-19-18(10)20(25-26(19)3)28-9-17(27)24-16-8-14(16)13-5-4-12(21)7-15(13)22/h4-7,14,16H,8-9H2,1-3H3,(H,24,27). The molecule has 2 aromatic heterocycles. The number of benzene rings is 1. The molecule has 1 fully saturated rings. The van der Waals surface area contributed by atoms with Gasteiger partial charge in [-0.25, -0.2) is 18.4 Å². The van der Waals surface area contributed by atoms with Crippen molar-refractivity contribution < 1.29 is 18.3 Å². The molecule has 2 atom stereocenters. The van der Waals surface area contributed by atoms with Crippen molar-refractivity contribution >= 4 is 16.9 Å². The molecule has 1 aromatic carbocycles. The monoisotopic (exact) mass is 386 g/mol. The summed E-state index contributed by atoms with van der Waals surface area (Å²) in [7, 11) is 1.77. The second kappa shape index (κ2) is 6.85. The number of ether oxygens (including phenoxy) is 1. The Labute approximate surface area is 160 Å². The highest BCUT2D eigenvalue weighted by molar-refractivity contribution is 5.86. The van der Waals surface area contributed by atoms with Gasteiger partial charge in [0.1, 0.15) is 11.6 Å². The Kier molecular flexibility index (Phi) is 4.49. The molecular formula is C20H20F2N4O2. The van der Waals surface area contributed by atoms with Crippen molar-refractivity contribution in [3.8, 4) is 5.88 Å². The summed E-state index contributed by atoms with van der Waals surface area (Å²) in [5.74, 6) is -1.30. The molecule has 6 nitrogen and oxygen atoms in total. The van der Waals surface area contributed by atoms with Gasteiger partial charge in [-0.3, -0.25) is 4.79 Å². The van der Waals surface area contributed by atoms with E-state index in [1.165, 1.54) is 12.1 Å². The molecule has 4 rings (SSSR count). The fraction of sp³-hybridized carbons (Fsp3) is 0.350. The lowest BCUT2D eigenvalue weighted by atomic mass is 10.1. The molecule has 2 unspecified atom stereocenters. The fourth-order valence-electron chi connectivity index (χ4n) is 3.53. The molecule has 1 saturated carbocycles. The van der Waals surface area contributed by atoms with Crippen LogP contribution < -0.4 is 10.1 Å². The number of nitrogens with zero attached hydrogens (tertiary/aromatic N) is 3.